The molecule has 0 unspecified atom stereocenters. The molecule has 0 spiro atoms. The highest BCUT2D eigenvalue weighted by Crippen LogP contribution is 2.25. The van der Waals surface area contributed by atoms with E-state index in [2.05, 4.69) is 4.36 Å². The van der Waals surface area contributed by atoms with Crippen LogP contribution in [0.5, 0.6) is 11.5 Å². The minimum Gasteiger partial charge on any atom is -0.490 e. The second kappa shape index (κ2) is 6.48. The average molecular weight is 258 g/mol. The highest BCUT2D eigenvalue weighted by molar-refractivity contribution is 7.62. The third-order valence-corrected chi connectivity index (χ3v) is 1.87. The zero-order chi connectivity index (χ0) is 12.7. The van der Waals surface area contributed by atoms with Gasteiger partial charge in [-0.1, -0.05) is 16.5 Å². The van der Waals surface area contributed by atoms with Crippen LogP contribution >= 0.6 is 0 Å². The maximum absolute atomic E-state index is 10.9. The Morgan fingerprint density at radius 1 is 1.35 bits per heavy atom. The second-order valence-electron chi connectivity index (χ2n) is 2.70. The number of para-hydroxylation sites is 2. The Bertz CT molecular complexity index is 518. The van der Waals surface area contributed by atoms with Crippen LogP contribution in [-0.4, -0.2) is 21.1 Å². The number of nitrogens with one attached hydrogen (secondary N) is 1. The van der Waals surface area contributed by atoms with E-state index in [1.165, 1.54) is 0 Å². The van der Waals surface area contributed by atoms with Crippen LogP contribution in [0.25, 0.3) is 0 Å². The van der Waals surface area contributed by atoms with E-state index in [0.717, 1.165) is 0 Å². The molecule has 0 fully saturated rings. The number of carbonyl (C=O) groups excluding carboxylic acids is 1. The van der Waals surface area contributed by atoms with Gasteiger partial charge in [0.2, 0.25) is 0 Å². The summed E-state index contributed by atoms with van der Waals surface area (Å²) in [6.45, 7) is 2.23. The fourth-order valence-corrected chi connectivity index (χ4v) is 1.17. The summed E-state index contributed by atoms with van der Waals surface area (Å²) < 4.78 is 28.1. The quantitative estimate of drug-likeness (QED) is 0.817. The fraction of sp³-hybridized carbons (Fsp3) is 0.222. The Labute approximate surface area is 99.0 Å². The van der Waals surface area contributed by atoms with Gasteiger partial charge in [-0.25, -0.2) is 4.79 Å². The van der Waals surface area contributed by atoms with Crippen molar-refractivity contribution in [1.82, 2.24) is 5.48 Å². The van der Waals surface area contributed by atoms with Crippen LogP contribution in [0, 0.1) is 0 Å². The lowest BCUT2D eigenvalue weighted by Crippen LogP contribution is -2.23. The van der Waals surface area contributed by atoms with E-state index in [4.69, 9.17) is 9.57 Å². The molecular formula is C9H10N2O5S. The summed E-state index contributed by atoms with van der Waals surface area (Å²) in [5, 5.41) is 0. The van der Waals surface area contributed by atoms with Crippen molar-refractivity contribution in [1.29, 1.82) is 0 Å². The first-order valence-electron chi connectivity index (χ1n) is 4.63. The monoisotopic (exact) mass is 258 g/mol. The number of hydroxylamine groups is 1. The van der Waals surface area contributed by atoms with Crippen molar-refractivity contribution in [2.24, 2.45) is 4.36 Å². The number of nitrogens with zero attached hydrogens (tertiary/aromatic N) is 1. The molecule has 7 nitrogen and oxygen atoms in total. The lowest BCUT2D eigenvalue weighted by atomic mass is 10.3. The van der Waals surface area contributed by atoms with Gasteiger partial charge in [0.25, 0.3) is 0 Å². The first-order chi connectivity index (χ1) is 8.13. The van der Waals surface area contributed by atoms with Gasteiger partial charge < -0.3 is 9.57 Å². The van der Waals surface area contributed by atoms with Crippen molar-refractivity contribution in [2.45, 2.75) is 6.92 Å². The number of urea groups is 1. The summed E-state index contributed by atoms with van der Waals surface area (Å²) in [5.41, 5.74) is 1.85. The van der Waals surface area contributed by atoms with Crippen molar-refractivity contribution < 1.29 is 22.8 Å². The maximum atomic E-state index is 10.9. The van der Waals surface area contributed by atoms with Gasteiger partial charge in [-0.3, -0.25) is 0 Å². The van der Waals surface area contributed by atoms with Crippen LogP contribution in [0.15, 0.2) is 28.6 Å². The SMILES string of the molecule is CCOc1ccccc1ONC(=O)N=S(=O)=O. The van der Waals surface area contributed by atoms with Crippen molar-refractivity contribution in [2.75, 3.05) is 6.61 Å². The summed E-state index contributed by atoms with van der Waals surface area (Å²) in [4.78, 5) is 15.7. The third kappa shape index (κ3) is 4.51. The lowest BCUT2D eigenvalue weighted by molar-refractivity contribution is 0.180. The van der Waals surface area contributed by atoms with E-state index in [0.29, 0.717) is 12.4 Å². The van der Waals surface area contributed by atoms with Gasteiger partial charge in [-0.15, -0.1) is 0 Å². The van der Waals surface area contributed by atoms with Crippen molar-refractivity contribution >= 4 is 16.5 Å². The Hall–Kier alpha value is -2.09. The molecule has 0 aliphatic rings. The predicted molar refractivity (Wildman–Crippen MR) is 58.1 cm³/mol. The Balaban J connectivity index is 2.69. The molecule has 1 aromatic rings. The van der Waals surface area contributed by atoms with E-state index in [9.17, 15) is 13.2 Å². The van der Waals surface area contributed by atoms with Gasteiger partial charge >= 0.3 is 16.5 Å². The van der Waals surface area contributed by atoms with E-state index in [1.807, 2.05) is 5.48 Å². The smallest absolute Gasteiger partial charge is 0.388 e. The topological polar surface area (TPSA) is 94.1 Å². The summed E-state index contributed by atoms with van der Waals surface area (Å²) >= 11 is 0. The first-order valence-corrected chi connectivity index (χ1v) is 5.66. The van der Waals surface area contributed by atoms with Crippen LogP contribution < -0.4 is 15.1 Å². The molecule has 17 heavy (non-hydrogen) atoms. The molecule has 0 heterocycles. The maximum Gasteiger partial charge on any atom is 0.388 e. The van der Waals surface area contributed by atoms with Crippen LogP contribution in [0.4, 0.5) is 4.79 Å². The predicted octanol–water partition coefficient (Wildman–Crippen LogP) is 1.15. The minimum atomic E-state index is -2.81. The van der Waals surface area contributed by atoms with Gasteiger partial charge in [-0.05, 0) is 19.1 Å². The van der Waals surface area contributed by atoms with Crippen LogP contribution in [0.3, 0.4) is 0 Å². The summed E-state index contributed by atoms with van der Waals surface area (Å²) in [6, 6.07) is 5.49. The van der Waals surface area contributed by atoms with E-state index in [-0.39, 0.29) is 5.75 Å². The van der Waals surface area contributed by atoms with Gasteiger partial charge in [0, 0.05) is 0 Å². The minimum absolute atomic E-state index is 0.259. The number of ether oxygens (including phenoxy) is 1. The summed E-state index contributed by atoms with van der Waals surface area (Å²) in [5.74, 6) is 0.688. The summed E-state index contributed by atoms with van der Waals surface area (Å²) in [7, 11) is -2.81. The number of carbonyl (C=O) groups is 1. The first kappa shape index (κ1) is 13.0. The van der Waals surface area contributed by atoms with Crippen LogP contribution in [-0.2, 0) is 10.5 Å². The molecule has 0 aliphatic heterocycles. The largest absolute Gasteiger partial charge is 0.490 e. The fourth-order valence-electron chi connectivity index (χ4n) is 0.994. The molecule has 8 heteroatoms. The molecule has 0 bridgehead atoms. The lowest BCUT2D eigenvalue weighted by Gasteiger charge is -2.09. The van der Waals surface area contributed by atoms with Gasteiger partial charge in [0.05, 0.1) is 6.61 Å². The van der Waals surface area contributed by atoms with Crippen molar-refractivity contribution in [3.05, 3.63) is 24.3 Å². The van der Waals surface area contributed by atoms with Gasteiger partial charge in [0.1, 0.15) is 0 Å². The zero-order valence-electron chi connectivity index (χ0n) is 8.91. The average Bonchev–Trinajstić information content (AvgIpc) is 2.27. The zero-order valence-corrected chi connectivity index (χ0v) is 9.73. The normalized spacial score (nSPS) is 9.24. The highest BCUT2D eigenvalue weighted by Gasteiger charge is 2.05. The molecule has 92 valence electrons. The number of rotatable bonds is 4. The number of amides is 2. The molecular weight excluding hydrogens is 248 g/mol. The number of hydrogen-bond acceptors (Lipinski definition) is 5. The van der Waals surface area contributed by atoms with E-state index < -0.39 is 16.5 Å². The van der Waals surface area contributed by atoms with E-state index in [1.54, 1.807) is 31.2 Å². The number of hydrogen-bond donors (Lipinski definition) is 1. The standard InChI is InChI=1S/C9H10N2O5S/c1-2-15-7-5-3-4-6-8(7)16-10-9(12)11-17(13)14/h3-6H,2H2,1H3,(H,10,12). The molecule has 0 saturated carbocycles. The second-order valence-corrected chi connectivity index (χ2v) is 3.31. The van der Waals surface area contributed by atoms with Crippen molar-refractivity contribution in [3.8, 4) is 11.5 Å². The third-order valence-electron chi connectivity index (χ3n) is 1.55. The molecule has 1 N–H and O–H groups in total. The molecule has 0 radical (unpaired) electrons. The number of benzene rings is 1. The Morgan fingerprint density at radius 3 is 2.59 bits per heavy atom. The summed E-state index contributed by atoms with van der Waals surface area (Å²) in [6.07, 6.45) is 0. The van der Waals surface area contributed by atoms with Crippen LogP contribution in [0.1, 0.15) is 6.92 Å². The van der Waals surface area contributed by atoms with Gasteiger partial charge in [0.15, 0.2) is 11.5 Å². The Morgan fingerprint density at radius 2 is 2.00 bits per heavy atom. The molecule has 0 aliphatic carbocycles. The molecule has 2 amide bonds. The molecule has 1 rings (SSSR count). The van der Waals surface area contributed by atoms with Crippen LogP contribution in [0.2, 0.25) is 0 Å². The Kier molecular flexibility index (Phi) is 4.95. The highest BCUT2D eigenvalue weighted by atomic mass is 32.2. The molecule has 0 saturated heterocycles. The molecule has 0 atom stereocenters. The van der Waals surface area contributed by atoms with E-state index >= 15 is 0 Å². The van der Waals surface area contributed by atoms with Gasteiger partial charge in [-0.2, -0.15) is 13.9 Å². The van der Waals surface area contributed by atoms with Crippen molar-refractivity contribution in [3.63, 3.8) is 0 Å². The molecule has 0 aromatic heterocycles. The molecule has 1 aromatic carbocycles.